The van der Waals surface area contributed by atoms with Crippen molar-refractivity contribution in [3.05, 3.63) is 51.2 Å². The van der Waals surface area contributed by atoms with Crippen LogP contribution in [0.15, 0.2) is 30.3 Å². The second-order valence-electron chi connectivity index (χ2n) is 4.63. The molecule has 0 unspecified atom stereocenters. The molecule has 2 rings (SSSR count). The van der Waals surface area contributed by atoms with Crippen molar-refractivity contribution in [1.82, 2.24) is 0 Å². The molecular weight excluding hydrogens is 270 g/mol. The molecule has 4 heteroatoms. The molecule has 0 saturated carbocycles. The fourth-order valence-electron chi connectivity index (χ4n) is 2.07. The number of thiophene rings is 1. The lowest BCUT2D eigenvalue weighted by Gasteiger charge is -2.07. The highest BCUT2D eigenvalue weighted by Crippen LogP contribution is 2.24. The maximum Gasteiger partial charge on any atom is 0.265 e. The van der Waals surface area contributed by atoms with Crippen LogP contribution in [-0.4, -0.2) is 11.7 Å². The lowest BCUT2D eigenvalue weighted by atomic mass is 10.1. The number of amides is 1. The highest BCUT2D eigenvalue weighted by molar-refractivity contribution is 7.14. The van der Waals surface area contributed by atoms with Gasteiger partial charge in [0, 0.05) is 10.4 Å². The van der Waals surface area contributed by atoms with Gasteiger partial charge in [-0.1, -0.05) is 19.1 Å². The largest absolute Gasteiger partial charge is 0.321 e. The monoisotopic (exact) mass is 287 g/mol. The van der Waals surface area contributed by atoms with Gasteiger partial charge in [0.1, 0.15) is 0 Å². The van der Waals surface area contributed by atoms with Gasteiger partial charge in [0.05, 0.1) is 10.6 Å². The Morgan fingerprint density at radius 3 is 2.55 bits per heavy atom. The van der Waals surface area contributed by atoms with Gasteiger partial charge in [0.2, 0.25) is 0 Å². The third-order valence-electron chi connectivity index (χ3n) is 3.12. The number of nitrogens with one attached hydrogen (secondary N) is 1. The summed E-state index contributed by atoms with van der Waals surface area (Å²) in [6, 6.07) is 8.95. The summed E-state index contributed by atoms with van der Waals surface area (Å²) in [4.78, 5) is 25.7. The van der Waals surface area contributed by atoms with Crippen LogP contribution in [0.2, 0.25) is 0 Å². The zero-order chi connectivity index (χ0) is 14.7. The number of carbonyl (C=O) groups is 2. The van der Waals surface area contributed by atoms with E-state index in [0.717, 1.165) is 12.0 Å². The summed E-state index contributed by atoms with van der Waals surface area (Å²) in [5, 5.41) is 2.82. The van der Waals surface area contributed by atoms with Crippen LogP contribution in [0.5, 0.6) is 0 Å². The third-order valence-corrected chi connectivity index (χ3v) is 4.50. The van der Waals surface area contributed by atoms with Crippen molar-refractivity contribution < 1.29 is 9.59 Å². The van der Waals surface area contributed by atoms with Gasteiger partial charge in [-0.05, 0) is 44.0 Å². The summed E-state index contributed by atoms with van der Waals surface area (Å²) in [7, 11) is 0. The number of anilines is 1. The molecule has 104 valence electrons. The van der Waals surface area contributed by atoms with Gasteiger partial charge in [-0.15, -0.1) is 11.3 Å². The van der Waals surface area contributed by atoms with Crippen LogP contribution < -0.4 is 5.32 Å². The number of aryl methyl sites for hydroxylation is 2. The smallest absolute Gasteiger partial charge is 0.265 e. The summed E-state index contributed by atoms with van der Waals surface area (Å²) < 4.78 is 0. The molecule has 0 atom stereocenters. The van der Waals surface area contributed by atoms with Crippen LogP contribution >= 0.6 is 11.3 Å². The van der Waals surface area contributed by atoms with E-state index in [-0.39, 0.29) is 11.7 Å². The molecule has 1 heterocycles. The van der Waals surface area contributed by atoms with E-state index in [1.54, 1.807) is 24.3 Å². The Morgan fingerprint density at radius 2 is 1.95 bits per heavy atom. The lowest BCUT2D eigenvalue weighted by molar-refractivity contribution is 0.101. The molecule has 0 bridgehead atoms. The van der Waals surface area contributed by atoms with E-state index in [0.29, 0.717) is 16.1 Å². The SMILES string of the molecule is CCc1sc(C(=O)Nc2ccccc2C(C)=O)cc1C. The fraction of sp³-hybridized carbons (Fsp3) is 0.250. The zero-order valence-electron chi connectivity index (χ0n) is 11.8. The summed E-state index contributed by atoms with van der Waals surface area (Å²) in [5.41, 5.74) is 2.24. The zero-order valence-corrected chi connectivity index (χ0v) is 12.6. The van der Waals surface area contributed by atoms with E-state index in [1.807, 2.05) is 13.0 Å². The van der Waals surface area contributed by atoms with Crippen molar-refractivity contribution >= 4 is 28.7 Å². The first-order chi connectivity index (χ1) is 9.52. The average molecular weight is 287 g/mol. The second-order valence-corrected chi connectivity index (χ2v) is 5.76. The van der Waals surface area contributed by atoms with Gasteiger partial charge in [-0.25, -0.2) is 0 Å². The van der Waals surface area contributed by atoms with Gasteiger partial charge in [0.25, 0.3) is 5.91 Å². The first kappa shape index (κ1) is 14.5. The molecule has 0 aliphatic heterocycles. The predicted molar refractivity (Wildman–Crippen MR) is 82.8 cm³/mol. The normalized spacial score (nSPS) is 10.3. The number of ketones is 1. The first-order valence-corrected chi connectivity index (χ1v) is 7.35. The van der Waals surface area contributed by atoms with Gasteiger partial charge in [-0.2, -0.15) is 0 Å². The van der Waals surface area contributed by atoms with E-state index in [1.165, 1.54) is 23.1 Å². The molecule has 0 fully saturated rings. The quantitative estimate of drug-likeness (QED) is 0.861. The van der Waals surface area contributed by atoms with Crippen LogP contribution in [0, 0.1) is 6.92 Å². The topological polar surface area (TPSA) is 46.2 Å². The molecule has 0 spiro atoms. The number of rotatable bonds is 4. The molecule has 0 radical (unpaired) electrons. The lowest BCUT2D eigenvalue weighted by Crippen LogP contribution is -2.12. The molecule has 0 aliphatic carbocycles. The highest BCUT2D eigenvalue weighted by atomic mass is 32.1. The van der Waals surface area contributed by atoms with Crippen molar-refractivity contribution in [3.63, 3.8) is 0 Å². The van der Waals surface area contributed by atoms with Crippen molar-refractivity contribution in [2.45, 2.75) is 27.2 Å². The van der Waals surface area contributed by atoms with Gasteiger partial charge >= 0.3 is 0 Å². The number of benzene rings is 1. The molecule has 1 N–H and O–H groups in total. The summed E-state index contributed by atoms with van der Waals surface area (Å²) in [6.07, 6.45) is 0.924. The van der Waals surface area contributed by atoms with Crippen molar-refractivity contribution in [1.29, 1.82) is 0 Å². The van der Waals surface area contributed by atoms with Crippen LogP contribution in [0.4, 0.5) is 5.69 Å². The Balaban J connectivity index is 2.25. The Kier molecular flexibility index (Phi) is 4.35. The van der Waals surface area contributed by atoms with Crippen molar-refractivity contribution in [2.24, 2.45) is 0 Å². The van der Waals surface area contributed by atoms with Crippen LogP contribution in [0.3, 0.4) is 0 Å². The standard InChI is InChI=1S/C16H17NO2S/c1-4-14-10(2)9-15(20-14)16(19)17-13-8-6-5-7-12(13)11(3)18/h5-9H,4H2,1-3H3,(H,17,19). The number of carbonyl (C=O) groups excluding carboxylic acids is 2. The number of hydrogen-bond acceptors (Lipinski definition) is 3. The Bertz CT molecular complexity index is 658. The van der Waals surface area contributed by atoms with Gasteiger partial charge in [-0.3, -0.25) is 9.59 Å². The highest BCUT2D eigenvalue weighted by Gasteiger charge is 2.14. The molecule has 3 nitrogen and oxygen atoms in total. The number of hydrogen-bond donors (Lipinski definition) is 1. The Morgan fingerprint density at radius 1 is 1.25 bits per heavy atom. The average Bonchev–Trinajstić information content (AvgIpc) is 2.80. The number of Topliss-reactive ketones (excluding diaryl/α,β-unsaturated/α-hetero) is 1. The molecule has 1 amide bonds. The van der Waals surface area contributed by atoms with E-state index in [2.05, 4.69) is 12.2 Å². The van der Waals surface area contributed by atoms with Gasteiger partial charge in [0.15, 0.2) is 5.78 Å². The van der Waals surface area contributed by atoms with E-state index < -0.39 is 0 Å². The van der Waals surface area contributed by atoms with Crippen molar-refractivity contribution in [2.75, 3.05) is 5.32 Å². The fourth-order valence-corrected chi connectivity index (χ4v) is 3.07. The third kappa shape index (κ3) is 2.96. The molecule has 0 saturated heterocycles. The van der Waals surface area contributed by atoms with Gasteiger partial charge < -0.3 is 5.32 Å². The molecular formula is C16H17NO2S. The Labute approximate surface area is 122 Å². The predicted octanol–water partition coefficient (Wildman–Crippen LogP) is 4.07. The van der Waals surface area contributed by atoms with Crippen molar-refractivity contribution in [3.8, 4) is 0 Å². The van der Waals surface area contributed by atoms with Crippen LogP contribution in [0.25, 0.3) is 0 Å². The maximum absolute atomic E-state index is 12.3. The summed E-state index contributed by atoms with van der Waals surface area (Å²) >= 11 is 1.50. The van der Waals surface area contributed by atoms with Crippen LogP contribution in [0.1, 0.15) is 44.3 Å². The van der Waals surface area contributed by atoms with E-state index in [9.17, 15) is 9.59 Å². The second kappa shape index (κ2) is 6.01. The van der Waals surface area contributed by atoms with E-state index >= 15 is 0 Å². The summed E-state index contributed by atoms with van der Waals surface area (Å²) in [6.45, 7) is 5.58. The maximum atomic E-state index is 12.3. The number of para-hydroxylation sites is 1. The minimum Gasteiger partial charge on any atom is -0.321 e. The molecule has 1 aromatic carbocycles. The van der Waals surface area contributed by atoms with Crippen LogP contribution in [-0.2, 0) is 6.42 Å². The van der Waals surface area contributed by atoms with E-state index in [4.69, 9.17) is 0 Å². The summed E-state index contributed by atoms with van der Waals surface area (Å²) in [5.74, 6) is -0.219. The minimum atomic E-state index is -0.161. The Hall–Kier alpha value is -1.94. The molecule has 2 aromatic rings. The first-order valence-electron chi connectivity index (χ1n) is 6.53. The molecule has 20 heavy (non-hydrogen) atoms. The molecule has 1 aromatic heterocycles. The molecule has 0 aliphatic rings. The minimum absolute atomic E-state index is 0.0579.